The first-order valence-corrected chi connectivity index (χ1v) is 12.8. The van der Waals surface area contributed by atoms with Gasteiger partial charge in [0.05, 0.1) is 9.82 Å². The Hall–Kier alpha value is -3.50. The summed E-state index contributed by atoms with van der Waals surface area (Å²) < 4.78 is 27.8. The molecule has 0 aromatic heterocycles. The minimum Gasteiger partial charge on any atom is -0.362 e. The molecule has 1 N–H and O–H groups in total. The Bertz CT molecular complexity index is 1390. The Kier molecular flexibility index (Phi) is 6.52. The third kappa shape index (κ3) is 5.44. The second-order valence-corrected chi connectivity index (χ2v) is 11.3. The number of carbonyl (C=O) groups is 1. The molecule has 3 aromatic carbocycles. The molecular weight excluding hydrogens is 468 g/mol. The van der Waals surface area contributed by atoms with Crippen molar-refractivity contribution in [2.45, 2.75) is 31.2 Å². The van der Waals surface area contributed by atoms with Crippen LogP contribution in [-0.4, -0.2) is 55.9 Å². The number of carbonyl (C=O) groups excluding carboxylic acids is 1. The van der Waals surface area contributed by atoms with Gasteiger partial charge < -0.3 is 9.80 Å². The molecule has 4 rings (SSSR count). The van der Waals surface area contributed by atoms with Crippen LogP contribution in [0.1, 0.15) is 31.1 Å². The number of rotatable bonds is 5. The summed E-state index contributed by atoms with van der Waals surface area (Å²) in [6.45, 7) is 6.69. The largest absolute Gasteiger partial charge is 0.362 e. The third-order valence-electron chi connectivity index (χ3n) is 5.80. The number of amides is 1. The van der Waals surface area contributed by atoms with Gasteiger partial charge in [0.25, 0.3) is 11.6 Å². The molecule has 3 aromatic rings. The maximum atomic E-state index is 13.1. The molecule has 0 radical (unpaired) electrons. The lowest BCUT2D eigenvalue weighted by Crippen LogP contribution is -2.49. The first kappa shape index (κ1) is 24.6. The molecule has 0 unspecified atom stereocenters. The number of hydrogen-bond acceptors (Lipinski definition) is 6. The first-order chi connectivity index (χ1) is 16.4. The first-order valence-electron chi connectivity index (χ1n) is 11.3. The molecule has 9 nitrogen and oxygen atoms in total. The van der Waals surface area contributed by atoms with Crippen LogP contribution in [-0.2, 0) is 10.0 Å². The molecule has 0 saturated carbocycles. The predicted octanol–water partition coefficient (Wildman–Crippen LogP) is 3.79. The number of fused-ring (bicyclic) bond motifs is 1. The summed E-state index contributed by atoms with van der Waals surface area (Å²) in [5.74, 6) is -0.0837. The van der Waals surface area contributed by atoms with Crippen LogP contribution in [0.2, 0.25) is 0 Å². The zero-order chi connectivity index (χ0) is 25.4. The van der Waals surface area contributed by atoms with Gasteiger partial charge >= 0.3 is 0 Å². The van der Waals surface area contributed by atoms with Gasteiger partial charge in [0.1, 0.15) is 5.69 Å². The number of nitrogens with one attached hydrogen (secondary N) is 1. The van der Waals surface area contributed by atoms with E-state index >= 15 is 0 Å². The predicted molar refractivity (Wildman–Crippen MR) is 135 cm³/mol. The second kappa shape index (κ2) is 9.27. The summed E-state index contributed by atoms with van der Waals surface area (Å²) in [7, 11) is -3.91. The number of anilines is 1. The number of piperazine rings is 1. The molecule has 0 atom stereocenters. The van der Waals surface area contributed by atoms with Gasteiger partial charge in [-0.2, -0.15) is 0 Å². The number of nitro benzene ring substituents is 1. The van der Waals surface area contributed by atoms with Crippen molar-refractivity contribution in [2.75, 3.05) is 31.1 Å². The Morgan fingerprint density at radius 2 is 1.60 bits per heavy atom. The summed E-state index contributed by atoms with van der Waals surface area (Å²) in [5.41, 5.74) is -0.0668. The van der Waals surface area contributed by atoms with Gasteiger partial charge in [0, 0.05) is 43.3 Å². The van der Waals surface area contributed by atoms with Gasteiger partial charge in [-0.25, -0.2) is 13.1 Å². The molecule has 0 bridgehead atoms. The molecule has 1 aliphatic rings. The maximum Gasteiger partial charge on any atom is 0.293 e. The van der Waals surface area contributed by atoms with E-state index < -0.39 is 20.5 Å². The fourth-order valence-corrected chi connectivity index (χ4v) is 5.64. The molecule has 1 amide bonds. The molecule has 0 aliphatic carbocycles. The average molecular weight is 497 g/mol. The standard InChI is InChI=1S/C25H28N4O5S/c1-25(2,3)26-35(33,34)21-10-11-22(23(17-21)29(31)32)27-12-14-28(15-13-27)24(30)20-9-8-18-6-4-5-7-19(18)16-20/h4-11,16-17,26H,12-15H2,1-3H3. The molecule has 184 valence electrons. The minimum absolute atomic E-state index is 0.0837. The molecule has 0 spiro atoms. The number of sulfonamides is 1. The van der Waals surface area contributed by atoms with E-state index in [1.807, 2.05) is 47.4 Å². The van der Waals surface area contributed by atoms with Crippen LogP contribution in [0.4, 0.5) is 11.4 Å². The van der Waals surface area contributed by atoms with Gasteiger partial charge in [-0.15, -0.1) is 0 Å². The van der Waals surface area contributed by atoms with E-state index in [9.17, 15) is 23.3 Å². The normalized spacial score (nSPS) is 14.8. The molecule has 1 aliphatic heterocycles. The molecule has 10 heteroatoms. The van der Waals surface area contributed by atoms with E-state index in [0.29, 0.717) is 37.4 Å². The molecule has 1 fully saturated rings. The van der Waals surface area contributed by atoms with E-state index in [1.165, 1.54) is 12.1 Å². The maximum absolute atomic E-state index is 13.1. The number of benzene rings is 3. The molecule has 35 heavy (non-hydrogen) atoms. The van der Waals surface area contributed by atoms with Gasteiger partial charge in [-0.05, 0) is 55.8 Å². The van der Waals surface area contributed by atoms with E-state index in [4.69, 9.17) is 0 Å². The molecular formula is C25H28N4O5S. The van der Waals surface area contributed by atoms with Crippen molar-refractivity contribution in [1.82, 2.24) is 9.62 Å². The van der Waals surface area contributed by atoms with Gasteiger partial charge in [0.15, 0.2) is 0 Å². The van der Waals surface area contributed by atoms with E-state index in [-0.39, 0.29) is 16.5 Å². The highest BCUT2D eigenvalue weighted by molar-refractivity contribution is 7.89. The zero-order valence-electron chi connectivity index (χ0n) is 19.9. The van der Waals surface area contributed by atoms with Crippen LogP contribution < -0.4 is 9.62 Å². The highest BCUT2D eigenvalue weighted by atomic mass is 32.2. The van der Waals surface area contributed by atoms with Crippen molar-refractivity contribution in [1.29, 1.82) is 0 Å². The molecule has 1 saturated heterocycles. The van der Waals surface area contributed by atoms with Crippen LogP contribution in [0.5, 0.6) is 0 Å². The summed E-state index contributed by atoms with van der Waals surface area (Å²) in [4.78, 5) is 27.7. The zero-order valence-corrected chi connectivity index (χ0v) is 20.7. The Morgan fingerprint density at radius 3 is 2.23 bits per heavy atom. The Morgan fingerprint density at radius 1 is 0.943 bits per heavy atom. The summed E-state index contributed by atoms with van der Waals surface area (Å²) in [5, 5.41) is 13.8. The Balaban J connectivity index is 1.51. The van der Waals surface area contributed by atoms with Crippen LogP contribution in [0.3, 0.4) is 0 Å². The van der Waals surface area contributed by atoms with Crippen LogP contribution in [0.15, 0.2) is 65.6 Å². The third-order valence-corrected chi connectivity index (χ3v) is 7.55. The number of hydrogen-bond donors (Lipinski definition) is 1. The quantitative estimate of drug-likeness (QED) is 0.425. The minimum atomic E-state index is -3.91. The lowest BCUT2D eigenvalue weighted by molar-refractivity contribution is -0.384. The fraction of sp³-hybridized carbons (Fsp3) is 0.320. The lowest BCUT2D eigenvalue weighted by Gasteiger charge is -2.36. The van der Waals surface area contributed by atoms with E-state index in [2.05, 4.69) is 4.72 Å². The SMILES string of the molecule is CC(C)(C)NS(=O)(=O)c1ccc(N2CCN(C(=O)c3ccc4ccccc4c3)CC2)c([N+](=O)[O-])c1. The van der Waals surface area contributed by atoms with Crippen LogP contribution in [0, 0.1) is 10.1 Å². The lowest BCUT2D eigenvalue weighted by atomic mass is 10.1. The number of nitrogens with zero attached hydrogens (tertiary/aromatic N) is 3. The van der Waals surface area contributed by atoms with Crippen LogP contribution in [0.25, 0.3) is 10.8 Å². The van der Waals surface area contributed by atoms with Crippen LogP contribution >= 0.6 is 0 Å². The summed E-state index contributed by atoms with van der Waals surface area (Å²) in [6.07, 6.45) is 0. The van der Waals surface area contributed by atoms with E-state index in [0.717, 1.165) is 16.8 Å². The van der Waals surface area contributed by atoms with Crippen molar-refractivity contribution in [3.8, 4) is 0 Å². The monoisotopic (exact) mass is 496 g/mol. The van der Waals surface area contributed by atoms with Crippen molar-refractivity contribution in [3.05, 3.63) is 76.3 Å². The summed E-state index contributed by atoms with van der Waals surface area (Å²) in [6, 6.07) is 17.4. The highest BCUT2D eigenvalue weighted by Gasteiger charge is 2.29. The van der Waals surface area contributed by atoms with Crippen molar-refractivity contribution < 1.29 is 18.1 Å². The fourth-order valence-electron chi connectivity index (χ4n) is 4.20. The summed E-state index contributed by atoms with van der Waals surface area (Å²) >= 11 is 0. The van der Waals surface area contributed by atoms with Gasteiger partial charge in [-0.3, -0.25) is 14.9 Å². The van der Waals surface area contributed by atoms with Crippen molar-refractivity contribution in [3.63, 3.8) is 0 Å². The Labute approximate surface area is 204 Å². The van der Waals surface area contributed by atoms with Gasteiger partial charge in [0.2, 0.25) is 10.0 Å². The van der Waals surface area contributed by atoms with E-state index in [1.54, 1.807) is 25.7 Å². The second-order valence-electron chi connectivity index (χ2n) is 9.60. The smallest absolute Gasteiger partial charge is 0.293 e. The number of nitro groups is 1. The highest BCUT2D eigenvalue weighted by Crippen LogP contribution is 2.32. The topological polar surface area (TPSA) is 113 Å². The van der Waals surface area contributed by atoms with Crippen molar-refractivity contribution >= 4 is 38.1 Å². The van der Waals surface area contributed by atoms with Gasteiger partial charge in [-0.1, -0.05) is 30.3 Å². The van der Waals surface area contributed by atoms with Crippen molar-refractivity contribution in [2.24, 2.45) is 0 Å². The molecule has 1 heterocycles. The average Bonchev–Trinajstić information content (AvgIpc) is 2.81.